The number of β-amino-alcohol motifs (C(OH)–C–C–N with tert-alkyl or cyclic N) is 1. The molecule has 2 saturated heterocycles. The van der Waals surface area contributed by atoms with E-state index in [0.29, 0.717) is 6.54 Å². The van der Waals surface area contributed by atoms with Crippen molar-refractivity contribution < 1.29 is 19.8 Å². The zero-order valence-corrected chi connectivity index (χ0v) is 14.1. The monoisotopic (exact) mass is 336 g/mol. The number of hydroxylamine groups is 2. The quantitative estimate of drug-likeness (QED) is 0.775. The number of likely N-dealkylation sites (tertiary alicyclic amines) is 1. The molecule has 6 heteroatoms. The first-order chi connectivity index (χ1) is 11.7. The van der Waals surface area contributed by atoms with Crippen molar-refractivity contribution in [2.45, 2.75) is 38.0 Å². The van der Waals surface area contributed by atoms with Crippen LogP contribution in [0.15, 0.2) is 24.3 Å². The minimum Gasteiger partial charge on any atom is -0.491 e. The van der Waals surface area contributed by atoms with Gasteiger partial charge in [0.25, 0.3) is 0 Å². The van der Waals surface area contributed by atoms with Crippen molar-refractivity contribution in [3.63, 3.8) is 0 Å². The van der Waals surface area contributed by atoms with Crippen molar-refractivity contribution in [2.24, 2.45) is 0 Å². The average molecular weight is 336 g/mol. The minimum atomic E-state index is -0.522. The Bertz CT molecular complexity index is 500. The summed E-state index contributed by atoms with van der Waals surface area (Å²) in [6.07, 6.45) is 1.95. The summed E-state index contributed by atoms with van der Waals surface area (Å²) < 4.78 is 5.75. The summed E-state index contributed by atoms with van der Waals surface area (Å²) in [6, 6.07) is 7.95. The highest BCUT2D eigenvalue weighted by molar-refractivity contribution is 5.28. The van der Waals surface area contributed by atoms with Crippen LogP contribution in [0.5, 0.6) is 5.75 Å². The highest BCUT2D eigenvalue weighted by Crippen LogP contribution is 2.17. The molecule has 2 N–H and O–H groups in total. The Kier molecular flexibility index (Phi) is 6.45. The van der Waals surface area contributed by atoms with Gasteiger partial charge in [0, 0.05) is 32.7 Å². The first-order valence-electron chi connectivity index (χ1n) is 8.87. The van der Waals surface area contributed by atoms with Gasteiger partial charge < -0.3 is 19.8 Å². The molecule has 134 valence electrons. The first-order valence-corrected chi connectivity index (χ1v) is 8.87. The molecule has 0 radical (unpaired) electrons. The van der Waals surface area contributed by atoms with Crippen LogP contribution < -0.4 is 4.74 Å². The van der Waals surface area contributed by atoms with Gasteiger partial charge in [-0.2, -0.15) is 5.06 Å². The van der Waals surface area contributed by atoms with Gasteiger partial charge >= 0.3 is 0 Å². The van der Waals surface area contributed by atoms with Gasteiger partial charge in [0.1, 0.15) is 18.5 Å². The molecule has 6 nitrogen and oxygen atoms in total. The molecule has 3 rings (SSSR count). The average Bonchev–Trinajstić information content (AvgIpc) is 3.08. The van der Waals surface area contributed by atoms with Crippen molar-refractivity contribution in [2.75, 3.05) is 39.4 Å². The maximum atomic E-state index is 10.2. The lowest BCUT2D eigenvalue weighted by atomic mass is 10.1. The summed E-state index contributed by atoms with van der Waals surface area (Å²) >= 11 is 0. The number of benzene rings is 1. The SMILES string of the molecule is OC1CCN(CC(O)COc2cccc(CN3CCCO3)c2)CC1. The van der Waals surface area contributed by atoms with Crippen molar-refractivity contribution in [1.82, 2.24) is 9.96 Å². The fourth-order valence-electron chi connectivity index (χ4n) is 3.21. The van der Waals surface area contributed by atoms with Crippen LogP contribution in [-0.4, -0.2) is 71.8 Å². The molecule has 0 aromatic heterocycles. The molecule has 0 amide bonds. The summed E-state index contributed by atoms with van der Waals surface area (Å²) in [5, 5.41) is 21.7. The maximum Gasteiger partial charge on any atom is 0.119 e. The molecule has 24 heavy (non-hydrogen) atoms. The molecule has 1 aromatic carbocycles. The molecule has 1 aromatic rings. The number of aliphatic hydroxyl groups is 2. The van der Waals surface area contributed by atoms with E-state index in [2.05, 4.69) is 11.0 Å². The van der Waals surface area contributed by atoms with E-state index in [1.165, 1.54) is 0 Å². The Morgan fingerprint density at radius 2 is 2.08 bits per heavy atom. The van der Waals surface area contributed by atoms with E-state index >= 15 is 0 Å². The van der Waals surface area contributed by atoms with Crippen LogP contribution in [0.2, 0.25) is 0 Å². The predicted octanol–water partition coefficient (Wildman–Crippen LogP) is 1.02. The Morgan fingerprint density at radius 3 is 2.83 bits per heavy atom. The molecule has 2 aliphatic heterocycles. The van der Waals surface area contributed by atoms with Gasteiger partial charge in [-0.3, -0.25) is 4.84 Å². The number of aliphatic hydroxyl groups excluding tert-OH is 2. The maximum absolute atomic E-state index is 10.2. The first kappa shape index (κ1) is 17.6. The summed E-state index contributed by atoms with van der Waals surface area (Å²) in [5.74, 6) is 0.778. The third kappa shape index (κ3) is 5.43. The molecule has 0 saturated carbocycles. The van der Waals surface area contributed by atoms with Crippen LogP contribution in [0.1, 0.15) is 24.8 Å². The van der Waals surface area contributed by atoms with E-state index in [4.69, 9.17) is 9.57 Å². The summed E-state index contributed by atoms with van der Waals surface area (Å²) in [4.78, 5) is 7.70. The van der Waals surface area contributed by atoms with Gasteiger partial charge in [-0.05, 0) is 37.0 Å². The van der Waals surface area contributed by atoms with Crippen molar-refractivity contribution in [3.05, 3.63) is 29.8 Å². The van der Waals surface area contributed by atoms with Crippen LogP contribution in [0, 0.1) is 0 Å². The Balaban J connectivity index is 1.42. The lowest BCUT2D eigenvalue weighted by Crippen LogP contribution is -2.41. The lowest BCUT2D eigenvalue weighted by Gasteiger charge is -2.30. The van der Waals surface area contributed by atoms with Crippen LogP contribution in [0.4, 0.5) is 0 Å². The molecular formula is C18H28N2O4. The van der Waals surface area contributed by atoms with Crippen LogP contribution in [-0.2, 0) is 11.4 Å². The topological polar surface area (TPSA) is 65.4 Å². The number of hydrogen-bond acceptors (Lipinski definition) is 6. The minimum absolute atomic E-state index is 0.183. The van der Waals surface area contributed by atoms with Gasteiger partial charge in [0.2, 0.25) is 0 Å². The molecule has 0 aliphatic carbocycles. The molecule has 2 aliphatic rings. The van der Waals surface area contributed by atoms with Crippen LogP contribution in [0.3, 0.4) is 0 Å². The van der Waals surface area contributed by atoms with Gasteiger partial charge in [-0.1, -0.05) is 12.1 Å². The number of nitrogens with zero attached hydrogens (tertiary/aromatic N) is 2. The van der Waals surface area contributed by atoms with E-state index < -0.39 is 6.10 Å². The fraction of sp³-hybridized carbons (Fsp3) is 0.667. The lowest BCUT2D eigenvalue weighted by molar-refractivity contribution is -0.117. The molecule has 0 bridgehead atoms. The smallest absolute Gasteiger partial charge is 0.119 e. The van der Waals surface area contributed by atoms with E-state index in [9.17, 15) is 10.2 Å². The summed E-state index contributed by atoms with van der Waals surface area (Å²) in [6.45, 7) is 5.07. The predicted molar refractivity (Wildman–Crippen MR) is 90.6 cm³/mol. The molecular weight excluding hydrogens is 308 g/mol. The third-order valence-electron chi connectivity index (χ3n) is 4.55. The van der Waals surface area contributed by atoms with E-state index in [0.717, 1.165) is 63.4 Å². The third-order valence-corrected chi connectivity index (χ3v) is 4.55. The van der Waals surface area contributed by atoms with Crippen molar-refractivity contribution in [1.29, 1.82) is 0 Å². The van der Waals surface area contributed by atoms with Gasteiger partial charge in [0.15, 0.2) is 0 Å². The second-order valence-corrected chi connectivity index (χ2v) is 6.69. The normalized spacial score (nSPS) is 21.9. The largest absolute Gasteiger partial charge is 0.491 e. The molecule has 0 spiro atoms. The number of ether oxygens (including phenoxy) is 1. The van der Waals surface area contributed by atoms with E-state index in [1.54, 1.807) is 0 Å². The second-order valence-electron chi connectivity index (χ2n) is 6.69. The number of hydrogen-bond donors (Lipinski definition) is 2. The standard InChI is InChI=1S/C18H28N2O4/c21-16-5-8-19(9-6-16)13-17(22)14-23-18-4-1-3-15(11-18)12-20-7-2-10-24-20/h1,3-4,11,16-17,21-22H,2,5-10,12-14H2. The Hall–Kier alpha value is -1.18. The number of rotatable bonds is 7. The molecule has 1 atom stereocenters. The molecule has 2 heterocycles. The summed E-state index contributed by atoms with van der Waals surface area (Å²) in [5.41, 5.74) is 1.15. The van der Waals surface area contributed by atoms with Crippen LogP contribution in [0.25, 0.3) is 0 Å². The molecule has 2 fully saturated rings. The van der Waals surface area contributed by atoms with E-state index in [-0.39, 0.29) is 12.7 Å². The zero-order chi connectivity index (χ0) is 16.8. The fourth-order valence-corrected chi connectivity index (χ4v) is 3.21. The second kappa shape index (κ2) is 8.78. The zero-order valence-electron chi connectivity index (χ0n) is 14.1. The molecule has 1 unspecified atom stereocenters. The van der Waals surface area contributed by atoms with Crippen molar-refractivity contribution in [3.8, 4) is 5.75 Å². The van der Waals surface area contributed by atoms with Crippen molar-refractivity contribution >= 4 is 0 Å². The van der Waals surface area contributed by atoms with Gasteiger partial charge in [-0.25, -0.2) is 0 Å². The van der Waals surface area contributed by atoms with Gasteiger partial charge in [-0.15, -0.1) is 0 Å². The summed E-state index contributed by atoms with van der Waals surface area (Å²) in [7, 11) is 0. The van der Waals surface area contributed by atoms with Gasteiger partial charge in [0.05, 0.1) is 12.7 Å². The Labute approximate surface area is 143 Å². The highest BCUT2D eigenvalue weighted by Gasteiger charge is 2.19. The Morgan fingerprint density at radius 1 is 1.25 bits per heavy atom. The van der Waals surface area contributed by atoms with Crippen LogP contribution >= 0.6 is 0 Å². The number of piperidine rings is 1. The highest BCUT2D eigenvalue weighted by atomic mass is 16.7. The van der Waals surface area contributed by atoms with E-state index in [1.807, 2.05) is 23.3 Å².